The van der Waals surface area contributed by atoms with Gasteiger partial charge in [0.05, 0.1) is 25.7 Å². The fourth-order valence-electron chi connectivity index (χ4n) is 3.46. The van der Waals surface area contributed by atoms with Gasteiger partial charge in [0.25, 0.3) is 0 Å². The van der Waals surface area contributed by atoms with Gasteiger partial charge in [0, 0.05) is 10.4 Å². The van der Waals surface area contributed by atoms with Gasteiger partial charge in [-0.1, -0.05) is 28.1 Å². The standard InChI is InChI=1S/C19H23BrO6/c1-4-24-16(21)15-11-14(12-7-9-13(20)10-8-12)19(15,17(22)25-5-2)18(23)26-6-3/h7-10,14-15H,4-6,11H2,1-3H3/t14-,15+/m1/s1. The molecule has 1 fully saturated rings. The quantitative estimate of drug-likeness (QED) is 0.378. The van der Waals surface area contributed by atoms with E-state index in [2.05, 4.69) is 15.9 Å². The van der Waals surface area contributed by atoms with Gasteiger partial charge < -0.3 is 14.2 Å². The summed E-state index contributed by atoms with van der Waals surface area (Å²) in [6.45, 7) is 5.36. The molecule has 1 aliphatic carbocycles. The summed E-state index contributed by atoms with van der Waals surface area (Å²) >= 11 is 3.37. The molecule has 7 heteroatoms. The Morgan fingerprint density at radius 2 is 1.46 bits per heavy atom. The number of halogens is 1. The average molecular weight is 427 g/mol. The number of ether oxygens (including phenoxy) is 3. The topological polar surface area (TPSA) is 78.9 Å². The van der Waals surface area contributed by atoms with Gasteiger partial charge in [0.2, 0.25) is 0 Å². The third kappa shape index (κ3) is 3.49. The Morgan fingerprint density at radius 3 is 1.92 bits per heavy atom. The van der Waals surface area contributed by atoms with E-state index in [1.165, 1.54) is 0 Å². The van der Waals surface area contributed by atoms with Crippen LogP contribution in [-0.2, 0) is 28.6 Å². The fourth-order valence-corrected chi connectivity index (χ4v) is 3.73. The van der Waals surface area contributed by atoms with Crippen molar-refractivity contribution in [2.45, 2.75) is 33.1 Å². The van der Waals surface area contributed by atoms with E-state index in [1.807, 2.05) is 24.3 Å². The predicted octanol–water partition coefficient (Wildman–Crippen LogP) is 3.23. The number of hydrogen-bond acceptors (Lipinski definition) is 6. The third-order valence-corrected chi connectivity index (χ3v) is 5.17. The van der Waals surface area contributed by atoms with Gasteiger partial charge >= 0.3 is 17.9 Å². The zero-order chi connectivity index (χ0) is 19.3. The summed E-state index contributed by atoms with van der Waals surface area (Å²) in [6.07, 6.45) is 0.318. The van der Waals surface area contributed by atoms with Crippen LogP contribution in [0.5, 0.6) is 0 Å². The first-order valence-corrected chi connectivity index (χ1v) is 9.49. The largest absolute Gasteiger partial charge is 0.466 e. The molecule has 0 bridgehead atoms. The summed E-state index contributed by atoms with van der Waals surface area (Å²) < 4.78 is 16.4. The summed E-state index contributed by atoms with van der Waals surface area (Å²) in [5, 5.41) is 0. The molecule has 0 spiro atoms. The summed E-state index contributed by atoms with van der Waals surface area (Å²) in [4.78, 5) is 38.2. The molecule has 0 amide bonds. The smallest absolute Gasteiger partial charge is 0.325 e. The van der Waals surface area contributed by atoms with Gasteiger partial charge in [-0.25, -0.2) is 0 Å². The second-order valence-corrected chi connectivity index (χ2v) is 6.87. The van der Waals surface area contributed by atoms with E-state index in [-0.39, 0.29) is 19.8 Å². The minimum absolute atomic E-state index is 0.0998. The lowest BCUT2D eigenvalue weighted by atomic mass is 9.50. The highest BCUT2D eigenvalue weighted by Crippen LogP contribution is 2.59. The van der Waals surface area contributed by atoms with Crippen LogP contribution in [-0.4, -0.2) is 37.7 Å². The normalized spacial score (nSPS) is 20.6. The molecule has 0 aliphatic heterocycles. The van der Waals surface area contributed by atoms with E-state index in [0.29, 0.717) is 6.42 Å². The Kier molecular flexibility index (Phi) is 6.81. The number of hydrogen-bond donors (Lipinski definition) is 0. The SMILES string of the molecule is CCOC(=O)[C@@H]1C[C@H](c2ccc(Br)cc2)C1(C(=O)OCC)C(=O)OCC. The molecule has 142 valence electrons. The van der Waals surface area contributed by atoms with Gasteiger partial charge in [-0.3, -0.25) is 14.4 Å². The van der Waals surface area contributed by atoms with Crippen LogP contribution in [0.1, 0.15) is 38.7 Å². The Morgan fingerprint density at radius 1 is 0.962 bits per heavy atom. The van der Waals surface area contributed by atoms with Crippen LogP contribution in [0.25, 0.3) is 0 Å². The number of rotatable bonds is 7. The Labute approximate surface area is 161 Å². The molecule has 2 atom stereocenters. The van der Waals surface area contributed by atoms with Gasteiger partial charge in [0.15, 0.2) is 5.41 Å². The minimum Gasteiger partial charge on any atom is -0.466 e. The Bertz CT molecular complexity index is 651. The first-order valence-electron chi connectivity index (χ1n) is 8.69. The van der Waals surface area contributed by atoms with E-state index < -0.39 is 35.2 Å². The van der Waals surface area contributed by atoms with Crippen molar-refractivity contribution in [3.8, 4) is 0 Å². The van der Waals surface area contributed by atoms with Crippen molar-refractivity contribution in [2.24, 2.45) is 11.3 Å². The van der Waals surface area contributed by atoms with Crippen molar-refractivity contribution in [3.63, 3.8) is 0 Å². The summed E-state index contributed by atoms with van der Waals surface area (Å²) in [5.74, 6) is -3.49. The Balaban J connectivity index is 2.52. The lowest BCUT2D eigenvalue weighted by Crippen LogP contribution is -2.62. The highest BCUT2D eigenvalue weighted by atomic mass is 79.9. The fraction of sp³-hybridized carbons (Fsp3) is 0.526. The van der Waals surface area contributed by atoms with Crippen LogP contribution in [0.3, 0.4) is 0 Å². The van der Waals surface area contributed by atoms with Gasteiger partial charge in [0.1, 0.15) is 0 Å². The maximum atomic E-state index is 12.9. The molecule has 1 saturated carbocycles. The molecule has 1 aromatic rings. The van der Waals surface area contributed by atoms with Crippen molar-refractivity contribution in [3.05, 3.63) is 34.3 Å². The van der Waals surface area contributed by atoms with Crippen molar-refractivity contribution in [2.75, 3.05) is 19.8 Å². The zero-order valence-corrected chi connectivity index (χ0v) is 16.7. The van der Waals surface area contributed by atoms with Crippen LogP contribution >= 0.6 is 15.9 Å². The monoisotopic (exact) mass is 426 g/mol. The maximum Gasteiger partial charge on any atom is 0.325 e. The maximum absolute atomic E-state index is 12.9. The van der Waals surface area contributed by atoms with Crippen molar-refractivity contribution in [1.82, 2.24) is 0 Å². The highest BCUT2D eigenvalue weighted by molar-refractivity contribution is 9.10. The van der Waals surface area contributed by atoms with Gasteiger partial charge in [-0.05, 0) is 44.9 Å². The van der Waals surface area contributed by atoms with Gasteiger partial charge in [-0.2, -0.15) is 0 Å². The molecule has 0 radical (unpaired) electrons. The Hall–Kier alpha value is -1.89. The van der Waals surface area contributed by atoms with E-state index in [9.17, 15) is 14.4 Å². The molecule has 0 unspecified atom stereocenters. The van der Waals surface area contributed by atoms with E-state index >= 15 is 0 Å². The van der Waals surface area contributed by atoms with Crippen LogP contribution in [0.2, 0.25) is 0 Å². The molecule has 0 saturated heterocycles. The first kappa shape index (κ1) is 20.4. The number of carbonyl (C=O) groups is 3. The minimum atomic E-state index is -1.72. The molecule has 1 aromatic carbocycles. The molecule has 1 aliphatic rings. The highest BCUT2D eigenvalue weighted by Gasteiger charge is 2.70. The predicted molar refractivity (Wildman–Crippen MR) is 97.3 cm³/mol. The van der Waals surface area contributed by atoms with Crippen LogP contribution in [0.4, 0.5) is 0 Å². The third-order valence-electron chi connectivity index (χ3n) is 4.64. The molecule has 26 heavy (non-hydrogen) atoms. The second-order valence-electron chi connectivity index (χ2n) is 5.95. The van der Waals surface area contributed by atoms with E-state index in [1.54, 1.807) is 20.8 Å². The number of esters is 3. The molecule has 0 heterocycles. The molecule has 2 rings (SSSR count). The molecular formula is C19H23BrO6. The van der Waals surface area contributed by atoms with Gasteiger partial charge in [-0.15, -0.1) is 0 Å². The van der Waals surface area contributed by atoms with Crippen LogP contribution in [0.15, 0.2) is 28.7 Å². The zero-order valence-electron chi connectivity index (χ0n) is 15.1. The van der Waals surface area contributed by atoms with Crippen molar-refractivity contribution >= 4 is 33.8 Å². The van der Waals surface area contributed by atoms with Crippen LogP contribution in [0, 0.1) is 11.3 Å². The van der Waals surface area contributed by atoms with Crippen molar-refractivity contribution in [1.29, 1.82) is 0 Å². The lowest BCUT2D eigenvalue weighted by molar-refractivity contribution is -0.198. The molecular weight excluding hydrogens is 404 g/mol. The first-order chi connectivity index (χ1) is 12.4. The summed E-state index contributed by atoms with van der Waals surface area (Å²) in [5.41, 5.74) is -0.943. The summed E-state index contributed by atoms with van der Waals surface area (Å²) in [7, 11) is 0. The molecule has 6 nitrogen and oxygen atoms in total. The summed E-state index contributed by atoms with van der Waals surface area (Å²) in [6, 6.07) is 7.30. The number of benzene rings is 1. The van der Waals surface area contributed by atoms with Crippen molar-refractivity contribution < 1.29 is 28.6 Å². The lowest BCUT2D eigenvalue weighted by Gasteiger charge is -2.50. The molecule has 0 N–H and O–H groups in total. The average Bonchev–Trinajstić information content (AvgIpc) is 2.57. The number of carbonyl (C=O) groups excluding carboxylic acids is 3. The van der Waals surface area contributed by atoms with E-state index in [4.69, 9.17) is 14.2 Å². The second kappa shape index (κ2) is 8.66. The van der Waals surface area contributed by atoms with E-state index in [0.717, 1.165) is 10.0 Å². The van der Waals surface area contributed by atoms with Crippen LogP contribution < -0.4 is 0 Å². The molecule has 0 aromatic heterocycles.